The number of nitrogens with zero attached hydrogens (tertiary/aromatic N) is 2. The maximum absolute atomic E-state index is 13.3. The minimum Gasteiger partial charge on any atom is -0.503 e. The third-order valence-electron chi connectivity index (χ3n) is 5.44. The lowest BCUT2D eigenvalue weighted by atomic mass is 9.82. The molecule has 6 heteroatoms. The van der Waals surface area contributed by atoms with E-state index in [0.717, 1.165) is 0 Å². The lowest BCUT2D eigenvalue weighted by Crippen LogP contribution is -2.32. The number of carbonyl (C=O) groups is 2. The Balaban J connectivity index is 1.77. The van der Waals surface area contributed by atoms with Gasteiger partial charge in [0.05, 0.1) is 23.9 Å². The zero-order valence-corrected chi connectivity index (χ0v) is 18.9. The van der Waals surface area contributed by atoms with Crippen LogP contribution in [0.2, 0.25) is 0 Å². The maximum Gasteiger partial charge on any atom is 0.290 e. The Morgan fingerprint density at radius 1 is 1.00 bits per heavy atom. The molecule has 1 aromatic heterocycles. The topological polar surface area (TPSA) is 79.7 Å². The number of hydrogen-bond acceptors (Lipinski definition) is 5. The summed E-state index contributed by atoms with van der Waals surface area (Å²) in [5.41, 5.74) is 0.649. The molecule has 33 heavy (non-hydrogen) atoms. The lowest BCUT2D eigenvalue weighted by molar-refractivity contribution is -0.130. The summed E-state index contributed by atoms with van der Waals surface area (Å²) in [5, 5.41) is 10.8. The quantitative estimate of drug-likeness (QED) is 0.554. The highest BCUT2D eigenvalue weighted by molar-refractivity contribution is 6.10. The van der Waals surface area contributed by atoms with Crippen LogP contribution in [0.15, 0.2) is 90.3 Å². The molecule has 4 rings (SSSR count). The van der Waals surface area contributed by atoms with E-state index in [1.54, 1.807) is 45.2 Å². The smallest absolute Gasteiger partial charge is 0.290 e. The second kappa shape index (κ2) is 8.90. The first-order valence-corrected chi connectivity index (χ1v) is 10.8. The van der Waals surface area contributed by atoms with Gasteiger partial charge in [0.2, 0.25) is 0 Å². The first kappa shape index (κ1) is 22.3. The van der Waals surface area contributed by atoms with Crippen molar-refractivity contribution in [1.82, 2.24) is 9.88 Å². The third kappa shape index (κ3) is 4.65. The number of ether oxygens (including phenoxy) is 1. The van der Waals surface area contributed by atoms with Gasteiger partial charge in [0.1, 0.15) is 11.5 Å². The fourth-order valence-electron chi connectivity index (χ4n) is 3.84. The van der Waals surface area contributed by atoms with Gasteiger partial charge < -0.3 is 14.7 Å². The van der Waals surface area contributed by atoms with Gasteiger partial charge in [0, 0.05) is 11.6 Å². The minimum absolute atomic E-state index is 0.0975. The number of aliphatic hydroxyl groups excluding tert-OH is 1. The summed E-state index contributed by atoms with van der Waals surface area (Å²) in [5.74, 6) is -0.140. The van der Waals surface area contributed by atoms with Crippen molar-refractivity contribution in [2.75, 3.05) is 0 Å². The van der Waals surface area contributed by atoms with E-state index in [0.29, 0.717) is 22.8 Å². The molecule has 2 aromatic carbocycles. The Labute approximate surface area is 193 Å². The molecule has 0 saturated heterocycles. The average molecular weight is 443 g/mol. The average Bonchev–Trinajstić information content (AvgIpc) is 3.04. The summed E-state index contributed by atoms with van der Waals surface area (Å²) in [6, 6.07) is 21.3. The Kier molecular flexibility index (Phi) is 6.01. The normalized spacial score (nSPS) is 16.3. The van der Waals surface area contributed by atoms with Gasteiger partial charge in [-0.05, 0) is 42.0 Å². The highest BCUT2D eigenvalue weighted by Crippen LogP contribution is 2.42. The molecular formula is C27H26N2O4. The van der Waals surface area contributed by atoms with Crippen LogP contribution in [0.3, 0.4) is 0 Å². The fourth-order valence-corrected chi connectivity index (χ4v) is 3.84. The fraction of sp³-hybridized carbons (Fsp3) is 0.222. The maximum atomic E-state index is 13.3. The number of aliphatic hydroxyl groups is 1. The van der Waals surface area contributed by atoms with Crippen LogP contribution in [0.1, 0.15) is 38.1 Å². The third-order valence-corrected chi connectivity index (χ3v) is 5.44. The van der Waals surface area contributed by atoms with Gasteiger partial charge in [-0.2, -0.15) is 0 Å². The second-order valence-corrected chi connectivity index (χ2v) is 8.99. The first-order valence-electron chi connectivity index (χ1n) is 10.8. The zero-order chi connectivity index (χ0) is 23.6. The molecule has 1 amide bonds. The van der Waals surface area contributed by atoms with E-state index in [-0.39, 0.29) is 17.9 Å². The number of pyridine rings is 1. The van der Waals surface area contributed by atoms with Gasteiger partial charge in [-0.1, -0.05) is 57.2 Å². The predicted molar refractivity (Wildman–Crippen MR) is 125 cm³/mol. The number of hydrogen-bond donors (Lipinski definition) is 1. The number of rotatable bonds is 6. The van der Waals surface area contributed by atoms with Crippen LogP contribution >= 0.6 is 0 Å². The second-order valence-electron chi connectivity index (χ2n) is 8.99. The van der Waals surface area contributed by atoms with Gasteiger partial charge in [0.25, 0.3) is 5.91 Å². The molecule has 0 fully saturated rings. The van der Waals surface area contributed by atoms with Crippen molar-refractivity contribution in [2.24, 2.45) is 5.41 Å². The number of ketones is 1. The Morgan fingerprint density at radius 2 is 1.70 bits per heavy atom. The van der Waals surface area contributed by atoms with Crippen molar-refractivity contribution in [3.05, 3.63) is 102 Å². The number of amides is 1. The highest BCUT2D eigenvalue weighted by Gasteiger charge is 2.46. The molecule has 0 bridgehead atoms. The first-order chi connectivity index (χ1) is 15.8. The molecule has 1 N–H and O–H groups in total. The van der Waals surface area contributed by atoms with E-state index in [1.165, 1.54) is 4.90 Å². The van der Waals surface area contributed by atoms with Crippen molar-refractivity contribution in [1.29, 1.82) is 0 Å². The zero-order valence-electron chi connectivity index (χ0n) is 18.9. The molecule has 3 aromatic rings. The monoisotopic (exact) mass is 442 g/mol. The molecule has 0 aliphatic carbocycles. The van der Waals surface area contributed by atoms with Gasteiger partial charge in [-0.3, -0.25) is 14.6 Å². The summed E-state index contributed by atoms with van der Waals surface area (Å²) in [7, 11) is 0. The molecule has 1 aliphatic rings. The van der Waals surface area contributed by atoms with Crippen LogP contribution in [0.4, 0.5) is 0 Å². The standard InChI is InChI=1S/C27H26N2O4/c1-27(2,3)25(31)22-23(29(26(32)24(22)30)17-19-11-7-8-15-28-19)18-10-9-14-21(16-18)33-20-12-5-4-6-13-20/h4-16,23,30H,17H2,1-3H3. The number of aromatic nitrogens is 1. The molecule has 1 atom stereocenters. The Bertz CT molecular complexity index is 1200. The number of para-hydroxylation sites is 1. The number of Topliss-reactive ketones (excluding diaryl/α,β-unsaturated/α-hetero) is 1. The number of carbonyl (C=O) groups excluding carboxylic acids is 2. The summed E-state index contributed by atoms with van der Waals surface area (Å²) >= 11 is 0. The summed E-state index contributed by atoms with van der Waals surface area (Å²) in [6.07, 6.45) is 1.65. The largest absolute Gasteiger partial charge is 0.503 e. The molecule has 0 spiro atoms. The van der Waals surface area contributed by atoms with E-state index in [1.807, 2.05) is 54.6 Å². The summed E-state index contributed by atoms with van der Waals surface area (Å²) < 4.78 is 5.97. The highest BCUT2D eigenvalue weighted by atomic mass is 16.5. The molecule has 6 nitrogen and oxygen atoms in total. The van der Waals surface area contributed by atoms with Gasteiger partial charge in [0.15, 0.2) is 11.5 Å². The van der Waals surface area contributed by atoms with Crippen LogP contribution in [0.5, 0.6) is 11.5 Å². The van der Waals surface area contributed by atoms with Gasteiger partial charge >= 0.3 is 0 Å². The predicted octanol–water partition coefficient (Wildman–Crippen LogP) is 5.38. The van der Waals surface area contributed by atoms with E-state index < -0.39 is 23.1 Å². The van der Waals surface area contributed by atoms with E-state index in [2.05, 4.69) is 4.98 Å². The minimum atomic E-state index is -0.777. The van der Waals surface area contributed by atoms with Crippen molar-refractivity contribution < 1.29 is 19.4 Å². The van der Waals surface area contributed by atoms with Crippen molar-refractivity contribution in [3.8, 4) is 11.5 Å². The number of benzene rings is 2. The molecule has 2 heterocycles. The molecule has 0 saturated carbocycles. The van der Waals surface area contributed by atoms with Gasteiger partial charge in [-0.15, -0.1) is 0 Å². The van der Waals surface area contributed by atoms with Crippen LogP contribution in [-0.2, 0) is 16.1 Å². The van der Waals surface area contributed by atoms with Crippen molar-refractivity contribution >= 4 is 11.7 Å². The van der Waals surface area contributed by atoms with Crippen LogP contribution in [0, 0.1) is 5.41 Å². The van der Waals surface area contributed by atoms with Crippen LogP contribution < -0.4 is 4.74 Å². The molecule has 1 unspecified atom stereocenters. The lowest BCUT2D eigenvalue weighted by Gasteiger charge is -2.29. The molecule has 0 radical (unpaired) electrons. The Hall–Kier alpha value is -3.93. The van der Waals surface area contributed by atoms with Crippen LogP contribution in [-0.4, -0.2) is 26.7 Å². The van der Waals surface area contributed by atoms with Crippen molar-refractivity contribution in [3.63, 3.8) is 0 Å². The molecule has 168 valence electrons. The molecular weight excluding hydrogens is 416 g/mol. The molecule has 1 aliphatic heterocycles. The van der Waals surface area contributed by atoms with E-state index in [9.17, 15) is 14.7 Å². The summed E-state index contributed by atoms with van der Waals surface area (Å²) in [6.45, 7) is 5.47. The Morgan fingerprint density at radius 3 is 2.36 bits per heavy atom. The van der Waals surface area contributed by atoms with Gasteiger partial charge in [-0.25, -0.2) is 0 Å². The van der Waals surface area contributed by atoms with E-state index in [4.69, 9.17) is 4.74 Å². The van der Waals surface area contributed by atoms with Crippen molar-refractivity contribution in [2.45, 2.75) is 33.4 Å². The SMILES string of the molecule is CC(C)(C)C(=O)C1=C(O)C(=O)N(Cc2ccccn2)C1c1cccc(Oc2ccccc2)c1. The van der Waals surface area contributed by atoms with Crippen LogP contribution in [0.25, 0.3) is 0 Å². The summed E-state index contributed by atoms with van der Waals surface area (Å²) in [4.78, 5) is 32.3. The van der Waals surface area contributed by atoms with E-state index >= 15 is 0 Å².